The molecule has 1 atom stereocenters. The first-order chi connectivity index (χ1) is 12.2. The molecule has 25 heavy (non-hydrogen) atoms. The van der Waals surface area contributed by atoms with Crippen molar-refractivity contribution in [1.29, 1.82) is 0 Å². The molecule has 0 saturated carbocycles. The van der Waals surface area contributed by atoms with E-state index in [2.05, 4.69) is 4.98 Å². The van der Waals surface area contributed by atoms with Gasteiger partial charge >= 0.3 is 0 Å². The van der Waals surface area contributed by atoms with Crippen LogP contribution in [0.1, 0.15) is 40.7 Å². The molecule has 3 rings (SSSR count). The maximum absolute atomic E-state index is 12.7. The van der Waals surface area contributed by atoms with Gasteiger partial charge in [0.25, 0.3) is 5.91 Å². The predicted octanol–water partition coefficient (Wildman–Crippen LogP) is 2.67. The third-order valence-corrected chi connectivity index (χ3v) is 4.57. The average molecular weight is 340 g/mol. The van der Waals surface area contributed by atoms with Crippen LogP contribution in [0.25, 0.3) is 0 Å². The van der Waals surface area contributed by atoms with Crippen molar-refractivity contribution in [1.82, 2.24) is 9.88 Å². The maximum atomic E-state index is 12.7. The highest BCUT2D eigenvalue weighted by atomic mass is 16.5. The van der Waals surface area contributed by atoms with Gasteiger partial charge in [0.2, 0.25) is 0 Å². The van der Waals surface area contributed by atoms with Crippen LogP contribution in [0, 0.1) is 0 Å². The molecular weight excluding hydrogens is 316 g/mol. The smallest absolute Gasteiger partial charge is 0.255 e. The van der Waals surface area contributed by atoms with Crippen LogP contribution < -0.4 is 4.74 Å². The third kappa shape index (κ3) is 4.57. The van der Waals surface area contributed by atoms with Crippen LogP contribution in [0.15, 0.2) is 42.7 Å². The summed E-state index contributed by atoms with van der Waals surface area (Å²) >= 11 is 0. The van der Waals surface area contributed by atoms with Gasteiger partial charge in [-0.15, -0.1) is 0 Å². The monoisotopic (exact) mass is 340 g/mol. The van der Waals surface area contributed by atoms with Crippen LogP contribution in [-0.4, -0.2) is 47.2 Å². The van der Waals surface area contributed by atoms with E-state index in [4.69, 9.17) is 4.74 Å². The summed E-state index contributed by atoms with van der Waals surface area (Å²) in [6, 6.07) is 9.81. The van der Waals surface area contributed by atoms with Crippen molar-refractivity contribution < 1.29 is 14.6 Å². The Morgan fingerprint density at radius 2 is 2.12 bits per heavy atom. The molecule has 1 aromatic carbocycles. The van der Waals surface area contributed by atoms with Gasteiger partial charge in [0.1, 0.15) is 5.75 Å². The second kappa shape index (κ2) is 8.12. The Balaban J connectivity index is 1.73. The zero-order valence-electron chi connectivity index (χ0n) is 14.5. The molecule has 1 amide bonds. The molecule has 0 aliphatic carbocycles. The number of amides is 1. The van der Waals surface area contributed by atoms with E-state index in [1.807, 2.05) is 35.2 Å². The van der Waals surface area contributed by atoms with Crippen molar-refractivity contribution in [2.24, 2.45) is 0 Å². The van der Waals surface area contributed by atoms with Crippen molar-refractivity contribution >= 4 is 5.91 Å². The van der Waals surface area contributed by atoms with Crippen LogP contribution in [0.5, 0.6) is 5.75 Å². The van der Waals surface area contributed by atoms with Crippen LogP contribution >= 0.6 is 0 Å². The molecule has 132 valence electrons. The Labute approximate surface area is 148 Å². The van der Waals surface area contributed by atoms with Crippen LogP contribution in [-0.2, 0) is 6.42 Å². The lowest BCUT2D eigenvalue weighted by Crippen LogP contribution is -2.32. The van der Waals surface area contributed by atoms with E-state index in [0.29, 0.717) is 31.5 Å². The summed E-state index contributed by atoms with van der Waals surface area (Å²) in [5.41, 5.74) is 2.72. The summed E-state index contributed by atoms with van der Waals surface area (Å²) in [6.07, 6.45) is 6.06. The highest BCUT2D eigenvalue weighted by molar-refractivity contribution is 5.94. The van der Waals surface area contributed by atoms with Gasteiger partial charge in [-0.25, -0.2) is 0 Å². The molecule has 0 unspecified atom stereocenters. The Bertz CT molecular complexity index is 732. The number of likely N-dealkylation sites (tertiary alicyclic amines) is 1. The van der Waals surface area contributed by atoms with Gasteiger partial charge in [0.05, 0.1) is 18.8 Å². The molecule has 0 spiro atoms. The summed E-state index contributed by atoms with van der Waals surface area (Å²) in [6.45, 7) is 1.29. The molecule has 2 aromatic rings. The second-order valence-electron chi connectivity index (χ2n) is 6.49. The van der Waals surface area contributed by atoms with Crippen molar-refractivity contribution in [3.8, 4) is 5.75 Å². The first-order valence-electron chi connectivity index (χ1n) is 8.70. The zero-order valence-corrected chi connectivity index (χ0v) is 14.5. The first kappa shape index (κ1) is 17.4. The summed E-state index contributed by atoms with van der Waals surface area (Å²) in [5, 5.41) is 9.75. The van der Waals surface area contributed by atoms with E-state index < -0.39 is 0 Å². The molecule has 1 saturated heterocycles. The molecule has 1 aliphatic heterocycles. The molecule has 1 N–H and O–H groups in total. The van der Waals surface area contributed by atoms with Gasteiger partial charge in [-0.05, 0) is 55.0 Å². The van der Waals surface area contributed by atoms with E-state index in [1.54, 1.807) is 19.5 Å². The maximum Gasteiger partial charge on any atom is 0.255 e. The molecule has 1 fully saturated rings. The molecule has 0 radical (unpaired) electrons. The topological polar surface area (TPSA) is 62.7 Å². The van der Waals surface area contributed by atoms with Crippen molar-refractivity contribution in [3.63, 3.8) is 0 Å². The van der Waals surface area contributed by atoms with E-state index in [9.17, 15) is 9.90 Å². The van der Waals surface area contributed by atoms with Gasteiger partial charge in [-0.3, -0.25) is 9.78 Å². The van der Waals surface area contributed by atoms with Crippen molar-refractivity contribution in [3.05, 3.63) is 59.4 Å². The highest BCUT2D eigenvalue weighted by Gasteiger charge is 2.20. The second-order valence-corrected chi connectivity index (χ2v) is 6.49. The lowest BCUT2D eigenvalue weighted by atomic mass is 10.0. The minimum absolute atomic E-state index is 0.00547. The summed E-state index contributed by atoms with van der Waals surface area (Å²) < 4.78 is 5.26. The van der Waals surface area contributed by atoms with Gasteiger partial charge in [-0.2, -0.15) is 0 Å². The Morgan fingerprint density at radius 1 is 1.24 bits per heavy atom. The van der Waals surface area contributed by atoms with E-state index in [-0.39, 0.29) is 12.0 Å². The number of hydrogen-bond donors (Lipinski definition) is 1. The van der Waals surface area contributed by atoms with Crippen molar-refractivity contribution in [2.45, 2.75) is 31.8 Å². The number of nitrogens with zero attached hydrogens (tertiary/aromatic N) is 2. The molecule has 5 nitrogen and oxygen atoms in total. The SMILES string of the molecule is COc1cccc(Cc2cncc(C(=O)N3CCC[C@@H](O)CC3)c2)c1. The lowest BCUT2D eigenvalue weighted by molar-refractivity contribution is 0.0752. The van der Waals surface area contributed by atoms with Crippen LogP contribution in [0.2, 0.25) is 0 Å². The molecule has 1 aromatic heterocycles. The standard InChI is InChI=1S/C20H24N2O3/c1-25-19-6-2-4-15(12-19)10-16-11-17(14-21-13-16)20(24)22-8-3-5-18(23)7-9-22/h2,4,6,11-14,18,23H,3,5,7-10H2,1H3/t18-/m1/s1. The molecular formula is C20H24N2O3. The largest absolute Gasteiger partial charge is 0.497 e. The van der Waals surface area contributed by atoms with Crippen molar-refractivity contribution in [2.75, 3.05) is 20.2 Å². The fourth-order valence-electron chi connectivity index (χ4n) is 3.18. The first-order valence-corrected chi connectivity index (χ1v) is 8.70. The van der Waals surface area contributed by atoms with Gasteiger partial charge < -0.3 is 14.7 Å². The quantitative estimate of drug-likeness (QED) is 0.929. The number of aliphatic hydroxyl groups is 1. The van der Waals surface area contributed by atoms with Gasteiger partial charge in [-0.1, -0.05) is 12.1 Å². The molecule has 5 heteroatoms. The molecule has 1 aliphatic rings. The average Bonchev–Trinajstić information content (AvgIpc) is 2.86. The lowest BCUT2D eigenvalue weighted by Gasteiger charge is -2.20. The number of carbonyl (C=O) groups is 1. The van der Waals surface area contributed by atoms with E-state index in [1.165, 1.54) is 0 Å². The summed E-state index contributed by atoms with van der Waals surface area (Å²) in [5.74, 6) is 0.815. The fraction of sp³-hybridized carbons (Fsp3) is 0.400. The predicted molar refractivity (Wildman–Crippen MR) is 95.8 cm³/mol. The zero-order chi connectivity index (χ0) is 17.6. The summed E-state index contributed by atoms with van der Waals surface area (Å²) in [7, 11) is 1.65. The van der Waals surface area contributed by atoms with E-state index in [0.717, 1.165) is 29.7 Å². The highest BCUT2D eigenvalue weighted by Crippen LogP contribution is 2.18. The number of aliphatic hydroxyl groups excluding tert-OH is 1. The summed E-state index contributed by atoms with van der Waals surface area (Å²) in [4.78, 5) is 18.8. The van der Waals surface area contributed by atoms with Gasteiger partial charge in [0.15, 0.2) is 0 Å². The number of hydrogen-bond acceptors (Lipinski definition) is 4. The minimum atomic E-state index is -0.296. The molecule has 0 bridgehead atoms. The minimum Gasteiger partial charge on any atom is -0.497 e. The van der Waals surface area contributed by atoms with Crippen LogP contribution in [0.4, 0.5) is 0 Å². The normalized spacial score (nSPS) is 17.8. The Hall–Kier alpha value is -2.40. The number of pyridine rings is 1. The van der Waals surface area contributed by atoms with E-state index >= 15 is 0 Å². The Morgan fingerprint density at radius 3 is 2.96 bits per heavy atom. The van der Waals surface area contributed by atoms with Crippen LogP contribution in [0.3, 0.4) is 0 Å². The number of aromatic nitrogens is 1. The number of ether oxygens (including phenoxy) is 1. The molecule has 2 heterocycles. The Kier molecular flexibility index (Phi) is 5.66. The number of methoxy groups -OCH3 is 1. The van der Waals surface area contributed by atoms with Gasteiger partial charge in [0, 0.05) is 25.5 Å². The fourth-order valence-corrected chi connectivity index (χ4v) is 3.18. The number of benzene rings is 1. The number of carbonyl (C=O) groups excluding carboxylic acids is 1. The number of rotatable bonds is 4. The third-order valence-electron chi connectivity index (χ3n) is 4.57.